The number of hydrogen-bond donors (Lipinski definition) is 3. The van der Waals surface area contributed by atoms with Gasteiger partial charge in [-0.2, -0.15) is 0 Å². The zero-order valence-corrected chi connectivity index (χ0v) is 17.9. The molecule has 1 fully saturated rings. The Labute approximate surface area is 194 Å². The Morgan fingerprint density at radius 3 is 2.59 bits per heavy atom. The van der Waals surface area contributed by atoms with Gasteiger partial charge < -0.3 is 29.8 Å². The van der Waals surface area contributed by atoms with Crippen LogP contribution in [-0.4, -0.2) is 53.4 Å². The van der Waals surface area contributed by atoms with Crippen molar-refractivity contribution in [2.24, 2.45) is 0 Å². The quantitative estimate of drug-likeness (QED) is 0.496. The highest BCUT2D eigenvalue weighted by Crippen LogP contribution is 2.58. The summed E-state index contributed by atoms with van der Waals surface area (Å²) in [7, 11) is 0. The van der Waals surface area contributed by atoms with Crippen molar-refractivity contribution in [1.29, 1.82) is 0 Å². The maximum atomic E-state index is 13.2. The molecule has 1 atom stereocenters. The number of esters is 1. The van der Waals surface area contributed by atoms with Crippen molar-refractivity contribution in [3.8, 4) is 23.0 Å². The van der Waals surface area contributed by atoms with E-state index in [9.17, 15) is 19.8 Å². The Morgan fingerprint density at radius 1 is 1.00 bits per heavy atom. The summed E-state index contributed by atoms with van der Waals surface area (Å²) in [5, 5.41) is 25.5. The summed E-state index contributed by atoms with van der Waals surface area (Å²) in [4.78, 5) is 31.7. The van der Waals surface area contributed by atoms with E-state index in [1.165, 1.54) is 23.3 Å². The highest BCUT2D eigenvalue weighted by atomic mass is 16.7. The third-order valence-electron chi connectivity index (χ3n) is 6.34. The zero-order valence-electron chi connectivity index (χ0n) is 17.9. The highest BCUT2D eigenvalue weighted by Gasteiger charge is 2.54. The first kappa shape index (κ1) is 20.5. The molecule has 1 saturated heterocycles. The fraction of sp³-hybridized carbons (Fsp3) is 0.200. The second-order valence-electron chi connectivity index (χ2n) is 8.29. The van der Waals surface area contributed by atoms with Gasteiger partial charge in [-0.25, -0.2) is 9.59 Å². The van der Waals surface area contributed by atoms with Gasteiger partial charge in [0.2, 0.25) is 0 Å². The normalized spacial score (nSPS) is 20.6. The van der Waals surface area contributed by atoms with E-state index < -0.39 is 17.5 Å². The van der Waals surface area contributed by atoms with Crippen molar-refractivity contribution in [3.05, 3.63) is 82.4 Å². The summed E-state index contributed by atoms with van der Waals surface area (Å²) in [6.45, 7) is 2.30. The molecular formula is C25H20N2O7. The van der Waals surface area contributed by atoms with Gasteiger partial charge in [-0.05, 0) is 30.3 Å². The van der Waals surface area contributed by atoms with Crippen molar-refractivity contribution < 1.29 is 34.1 Å². The van der Waals surface area contributed by atoms with Crippen molar-refractivity contribution in [1.82, 2.24) is 10.4 Å². The third-order valence-corrected chi connectivity index (χ3v) is 6.34. The van der Waals surface area contributed by atoms with E-state index in [0.717, 1.165) is 0 Å². The van der Waals surface area contributed by atoms with Crippen LogP contribution in [-0.2, 0) is 15.2 Å². The Balaban J connectivity index is 1.57. The Kier molecular flexibility index (Phi) is 4.51. The number of phenolic OH excluding ortho intramolecular Hbond substituents is 2. The van der Waals surface area contributed by atoms with Crippen LogP contribution in [0.3, 0.4) is 0 Å². The number of hydrogen-bond acceptors (Lipinski definition) is 9. The molecule has 0 aromatic heterocycles. The van der Waals surface area contributed by atoms with Gasteiger partial charge in [-0.15, -0.1) is 5.06 Å². The number of piperazine rings is 1. The van der Waals surface area contributed by atoms with E-state index in [2.05, 4.69) is 5.32 Å². The predicted octanol–water partition coefficient (Wildman–Crippen LogP) is 2.64. The fourth-order valence-corrected chi connectivity index (χ4v) is 4.81. The summed E-state index contributed by atoms with van der Waals surface area (Å²) >= 11 is 0. The van der Waals surface area contributed by atoms with Crippen LogP contribution in [0.1, 0.15) is 37.4 Å². The number of benzene rings is 3. The summed E-state index contributed by atoms with van der Waals surface area (Å²) in [6.07, 6.45) is 0. The molecule has 0 aliphatic carbocycles. The molecular weight excluding hydrogens is 440 g/mol. The van der Waals surface area contributed by atoms with Crippen molar-refractivity contribution >= 4 is 11.9 Å². The molecule has 9 heteroatoms. The Hall–Kier alpha value is -4.08. The maximum Gasteiger partial charge on any atom is 0.364 e. The van der Waals surface area contributed by atoms with Gasteiger partial charge in [-0.1, -0.05) is 18.2 Å². The molecule has 1 unspecified atom stereocenters. The molecule has 172 valence electrons. The average Bonchev–Trinajstić information content (AvgIpc) is 3.12. The zero-order chi connectivity index (χ0) is 23.4. The first-order valence-corrected chi connectivity index (χ1v) is 10.9. The topological polar surface area (TPSA) is 118 Å². The molecule has 3 aliphatic heterocycles. The van der Waals surface area contributed by atoms with Gasteiger partial charge in [-0.3, -0.25) is 0 Å². The lowest BCUT2D eigenvalue weighted by molar-refractivity contribution is -0.115. The van der Waals surface area contributed by atoms with Crippen LogP contribution in [0, 0.1) is 0 Å². The second kappa shape index (κ2) is 7.47. The number of carbonyl (C=O) groups is 2. The highest BCUT2D eigenvalue weighted by molar-refractivity contribution is 5.99. The monoisotopic (exact) mass is 460 g/mol. The third kappa shape index (κ3) is 2.87. The molecule has 3 aliphatic rings. The van der Waals surface area contributed by atoms with Gasteiger partial charge in [0.15, 0.2) is 11.4 Å². The summed E-state index contributed by atoms with van der Waals surface area (Å²) in [5.41, 5.74) is 0.195. The van der Waals surface area contributed by atoms with Crippen LogP contribution >= 0.6 is 0 Å². The molecule has 3 aromatic carbocycles. The second-order valence-corrected chi connectivity index (χ2v) is 8.29. The van der Waals surface area contributed by atoms with E-state index in [-0.39, 0.29) is 28.6 Å². The van der Waals surface area contributed by atoms with Gasteiger partial charge in [0, 0.05) is 48.9 Å². The van der Waals surface area contributed by atoms with E-state index in [4.69, 9.17) is 14.3 Å². The minimum Gasteiger partial charge on any atom is -0.508 e. The van der Waals surface area contributed by atoms with E-state index >= 15 is 0 Å². The number of nitrogens with zero attached hydrogens (tertiary/aromatic N) is 1. The van der Waals surface area contributed by atoms with Crippen LogP contribution in [0.4, 0.5) is 0 Å². The van der Waals surface area contributed by atoms with Crippen LogP contribution in [0.5, 0.6) is 23.0 Å². The number of ether oxygens (including phenoxy) is 2. The molecule has 0 saturated carbocycles. The molecule has 0 bridgehead atoms. The largest absolute Gasteiger partial charge is 0.508 e. The average molecular weight is 460 g/mol. The molecule has 0 radical (unpaired) electrons. The van der Waals surface area contributed by atoms with E-state index in [0.29, 0.717) is 48.4 Å². The number of carbonyl (C=O) groups excluding carboxylic acids is 2. The lowest BCUT2D eigenvalue weighted by atomic mass is 9.77. The van der Waals surface area contributed by atoms with E-state index in [1.807, 2.05) is 0 Å². The Morgan fingerprint density at radius 2 is 1.76 bits per heavy atom. The number of fused-ring (bicyclic) bond motifs is 6. The van der Waals surface area contributed by atoms with Gasteiger partial charge in [0.1, 0.15) is 22.8 Å². The summed E-state index contributed by atoms with van der Waals surface area (Å²) < 4.78 is 12.1. The first-order chi connectivity index (χ1) is 16.5. The van der Waals surface area contributed by atoms with E-state index in [1.54, 1.807) is 36.4 Å². The fourth-order valence-electron chi connectivity index (χ4n) is 4.81. The molecule has 3 aromatic rings. The number of hydroxylamine groups is 2. The molecule has 1 spiro atoms. The van der Waals surface area contributed by atoms with Crippen LogP contribution < -0.4 is 10.1 Å². The standard InChI is InChI=1S/C25H20N2O7/c28-14-5-6-17-20(13-14)32-22-18(25(17)16-4-2-1-3-15(16)23(30)33-25)7-8-19(29)21(22)24(31)34-27-11-9-26-10-12-27/h1-8,13,26,28-29H,9-12H2. The predicted molar refractivity (Wildman–Crippen MR) is 118 cm³/mol. The van der Waals surface area contributed by atoms with Gasteiger partial charge in [0.05, 0.1) is 5.56 Å². The number of rotatable bonds is 2. The number of phenols is 2. The van der Waals surface area contributed by atoms with Crippen LogP contribution in [0.25, 0.3) is 0 Å². The van der Waals surface area contributed by atoms with Crippen molar-refractivity contribution in [2.45, 2.75) is 5.60 Å². The van der Waals surface area contributed by atoms with Crippen molar-refractivity contribution in [3.63, 3.8) is 0 Å². The smallest absolute Gasteiger partial charge is 0.364 e. The minimum atomic E-state index is -1.43. The summed E-state index contributed by atoms with van der Waals surface area (Å²) in [6, 6.07) is 14.4. The lowest BCUT2D eigenvalue weighted by Gasteiger charge is -2.37. The molecule has 3 heterocycles. The van der Waals surface area contributed by atoms with Crippen LogP contribution in [0.2, 0.25) is 0 Å². The minimum absolute atomic E-state index is 0.00253. The SMILES string of the molecule is O=C1OC2(c3ccc(O)cc3Oc3c2ccc(O)c3C(=O)ON2CCNCC2)c2ccccc21. The van der Waals surface area contributed by atoms with Crippen molar-refractivity contribution in [2.75, 3.05) is 26.2 Å². The molecule has 0 amide bonds. The first-order valence-electron chi connectivity index (χ1n) is 10.9. The van der Waals surface area contributed by atoms with Gasteiger partial charge in [0.25, 0.3) is 0 Å². The van der Waals surface area contributed by atoms with Crippen LogP contribution in [0.15, 0.2) is 54.6 Å². The maximum absolute atomic E-state index is 13.2. The van der Waals surface area contributed by atoms with Gasteiger partial charge >= 0.3 is 11.9 Å². The Bertz CT molecular complexity index is 1350. The number of nitrogens with one attached hydrogen (secondary N) is 1. The lowest BCUT2D eigenvalue weighted by Crippen LogP contribution is -2.44. The number of aromatic hydroxyl groups is 2. The summed E-state index contributed by atoms with van der Waals surface area (Å²) in [5.74, 6) is -1.54. The molecule has 9 nitrogen and oxygen atoms in total. The molecule has 34 heavy (non-hydrogen) atoms. The molecule has 6 rings (SSSR count). The molecule has 3 N–H and O–H groups in total.